The van der Waals surface area contributed by atoms with Gasteiger partial charge in [-0.2, -0.15) is 0 Å². The zero-order valence-electron chi connectivity index (χ0n) is 17.5. The van der Waals surface area contributed by atoms with Crippen LogP contribution in [-0.2, 0) is 0 Å². The van der Waals surface area contributed by atoms with E-state index in [0.717, 1.165) is 18.5 Å². The van der Waals surface area contributed by atoms with Gasteiger partial charge >= 0.3 is 5.63 Å². The molecule has 6 rings (SSSR count). The third-order valence-electron chi connectivity index (χ3n) is 6.64. The summed E-state index contributed by atoms with van der Waals surface area (Å²) in [5.74, 6) is -0.253. The first-order valence-electron chi connectivity index (χ1n) is 10.9. The van der Waals surface area contributed by atoms with Crippen LogP contribution in [0.1, 0.15) is 27.5 Å². The summed E-state index contributed by atoms with van der Waals surface area (Å²) in [7, 11) is 0. The average Bonchev–Trinajstić information content (AvgIpc) is 3.18. The quantitative estimate of drug-likeness (QED) is 0.452. The molecule has 0 spiro atoms. The summed E-state index contributed by atoms with van der Waals surface area (Å²) in [5.41, 5.74) is 5.26. The largest absolute Gasteiger partial charge is 0.422 e. The van der Waals surface area contributed by atoms with E-state index < -0.39 is 5.63 Å². The first-order valence-corrected chi connectivity index (χ1v) is 10.9. The summed E-state index contributed by atoms with van der Waals surface area (Å²) in [5, 5.41) is 0.758. The minimum atomic E-state index is -0.574. The number of benzene rings is 3. The van der Waals surface area contributed by atoms with Crippen molar-refractivity contribution >= 4 is 16.9 Å². The summed E-state index contributed by atoms with van der Waals surface area (Å²) < 4.78 is 5.37. The SMILES string of the molecule is O=C(c1cc2ccccc2oc1=O)N1CCN(C2c3ccccc3-c3ccccc32)CC1. The number of amides is 1. The van der Waals surface area contributed by atoms with Crippen molar-refractivity contribution in [2.75, 3.05) is 26.2 Å². The second-order valence-corrected chi connectivity index (χ2v) is 8.39. The lowest BCUT2D eigenvalue weighted by atomic mass is 10.0. The van der Waals surface area contributed by atoms with Crippen molar-refractivity contribution < 1.29 is 9.21 Å². The van der Waals surface area contributed by atoms with Gasteiger partial charge in [-0.3, -0.25) is 9.69 Å². The molecule has 0 bridgehead atoms. The Morgan fingerprint density at radius 1 is 0.781 bits per heavy atom. The number of rotatable bonds is 2. The van der Waals surface area contributed by atoms with Gasteiger partial charge in [-0.25, -0.2) is 4.79 Å². The monoisotopic (exact) mass is 422 g/mol. The summed E-state index contributed by atoms with van der Waals surface area (Å²) in [6.45, 7) is 2.65. The fourth-order valence-electron chi connectivity index (χ4n) is 5.09. The molecule has 0 atom stereocenters. The van der Waals surface area contributed by atoms with E-state index in [9.17, 15) is 9.59 Å². The van der Waals surface area contributed by atoms with E-state index in [-0.39, 0.29) is 17.5 Å². The smallest absolute Gasteiger partial charge is 0.349 e. The third-order valence-corrected chi connectivity index (χ3v) is 6.64. The summed E-state index contributed by atoms with van der Waals surface area (Å²) >= 11 is 0. The van der Waals surface area contributed by atoms with E-state index in [4.69, 9.17) is 4.42 Å². The molecule has 4 aromatic rings. The van der Waals surface area contributed by atoms with Crippen LogP contribution in [0.4, 0.5) is 0 Å². The maximum Gasteiger partial charge on any atom is 0.349 e. The topological polar surface area (TPSA) is 53.8 Å². The van der Waals surface area contributed by atoms with Gasteiger partial charge in [0.2, 0.25) is 0 Å². The van der Waals surface area contributed by atoms with Crippen LogP contribution in [0.15, 0.2) is 88.1 Å². The second kappa shape index (κ2) is 7.46. The summed E-state index contributed by atoms with van der Waals surface area (Å²) in [6.07, 6.45) is 0. The number of nitrogens with zero attached hydrogens (tertiary/aromatic N) is 2. The Kier molecular flexibility index (Phi) is 4.44. The van der Waals surface area contributed by atoms with Crippen molar-refractivity contribution in [1.82, 2.24) is 9.80 Å². The first-order chi connectivity index (χ1) is 15.7. The van der Waals surface area contributed by atoms with Crippen LogP contribution in [-0.4, -0.2) is 41.9 Å². The van der Waals surface area contributed by atoms with Gasteiger partial charge in [-0.05, 0) is 34.4 Å². The van der Waals surface area contributed by atoms with Gasteiger partial charge in [-0.15, -0.1) is 0 Å². The molecular formula is C27H22N2O3. The van der Waals surface area contributed by atoms with E-state index >= 15 is 0 Å². The fraction of sp³-hybridized carbons (Fsp3) is 0.185. The highest BCUT2D eigenvalue weighted by Crippen LogP contribution is 2.46. The number of fused-ring (bicyclic) bond motifs is 4. The Balaban J connectivity index is 1.25. The lowest BCUT2D eigenvalue weighted by Gasteiger charge is -2.38. The van der Waals surface area contributed by atoms with Crippen molar-refractivity contribution in [3.05, 3.63) is 106 Å². The highest BCUT2D eigenvalue weighted by atomic mass is 16.4. The molecule has 1 aromatic heterocycles. The molecule has 3 aromatic carbocycles. The number of hydrogen-bond acceptors (Lipinski definition) is 4. The normalized spacial score (nSPS) is 16.2. The second-order valence-electron chi connectivity index (χ2n) is 8.39. The van der Waals surface area contributed by atoms with Crippen LogP contribution in [0.25, 0.3) is 22.1 Å². The zero-order chi connectivity index (χ0) is 21.7. The molecule has 0 unspecified atom stereocenters. The molecule has 5 heteroatoms. The molecule has 1 aliphatic heterocycles. The molecule has 2 aliphatic rings. The molecule has 1 aliphatic carbocycles. The average molecular weight is 422 g/mol. The maximum atomic E-state index is 13.1. The Bertz CT molecular complexity index is 1350. The molecular weight excluding hydrogens is 400 g/mol. The predicted molar refractivity (Wildman–Crippen MR) is 124 cm³/mol. The molecule has 0 radical (unpaired) electrons. The summed E-state index contributed by atoms with van der Waals surface area (Å²) in [4.78, 5) is 29.8. The number of para-hydroxylation sites is 1. The van der Waals surface area contributed by atoms with E-state index in [1.54, 1.807) is 17.0 Å². The standard InChI is InChI=1S/C27H22N2O3/c30-26(23-17-18-7-1-6-12-24(18)32-27(23)31)29-15-13-28(14-16-29)25-21-10-4-2-8-19(21)20-9-3-5-11-22(20)25/h1-12,17,25H,13-16H2. The van der Waals surface area contributed by atoms with Crippen LogP contribution in [0.2, 0.25) is 0 Å². The number of carbonyl (C=O) groups excluding carboxylic acids is 1. The van der Waals surface area contributed by atoms with Crippen LogP contribution in [0.3, 0.4) is 0 Å². The molecule has 1 saturated heterocycles. The van der Waals surface area contributed by atoms with Gasteiger partial charge in [0.1, 0.15) is 11.1 Å². The molecule has 0 N–H and O–H groups in total. The molecule has 1 amide bonds. The number of carbonyl (C=O) groups is 1. The van der Waals surface area contributed by atoms with Crippen LogP contribution >= 0.6 is 0 Å². The molecule has 32 heavy (non-hydrogen) atoms. The first kappa shape index (κ1) is 19.0. The van der Waals surface area contributed by atoms with Crippen molar-refractivity contribution in [2.24, 2.45) is 0 Å². The van der Waals surface area contributed by atoms with Crippen LogP contribution in [0.5, 0.6) is 0 Å². The van der Waals surface area contributed by atoms with Gasteiger partial charge in [0, 0.05) is 31.6 Å². The Morgan fingerprint density at radius 2 is 1.38 bits per heavy atom. The Labute approximate surface area is 185 Å². The number of piperazine rings is 1. The van der Waals surface area contributed by atoms with Gasteiger partial charge in [0.05, 0.1) is 6.04 Å². The van der Waals surface area contributed by atoms with Gasteiger partial charge in [0.25, 0.3) is 5.91 Å². The van der Waals surface area contributed by atoms with E-state index in [1.807, 2.05) is 18.2 Å². The highest BCUT2D eigenvalue weighted by Gasteiger charge is 2.35. The highest BCUT2D eigenvalue weighted by molar-refractivity contribution is 5.96. The fourth-order valence-corrected chi connectivity index (χ4v) is 5.09. The Hall–Kier alpha value is -3.70. The molecule has 158 valence electrons. The molecule has 0 saturated carbocycles. The van der Waals surface area contributed by atoms with Crippen molar-refractivity contribution in [3.8, 4) is 11.1 Å². The Morgan fingerprint density at radius 3 is 2.06 bits per heavy atom. The lowest BCUT2D eigenvalue weighted by Crippen LogP contribution is -2.50. The van der Waals surface area contributed by atoms with Crippen molar-refractivity contribution in [3.63, 3.8) is 0 Å². The minimum absolute atomic E-state index is 0.105. The molecule has 1 fully saturated rings. The summed E-state index contributed by atoms with van der Waals surface area (Å²) in [6, 6.07) is 26.3. The van der Waals surface area contributed by atoms with Crippen molar-refractivity contribution in [1.29, 1.82) is 0 Å². The maximum absolute atomic E-state index is 13.1. The molecule has 5 nitrogen and oxygen atoms in total. The van der Waals surface area contributed by atoms with Gasteiger partial charge in [-0.1, -0.05) is 66.7 Å². The predicted octanol–water partition coefficient (Wildman–Crippen LogP) is 4.32. The van der Waals surface area contributed by atoms with Gasteiger partial charge in [0.15, 0.2) is 0 Å². The van der Waals surface area contributed by atoms with Crippen LogP contribution in [0, 0.1) is 0 Å². The van der Waals surface area contributed by atoms with E-state index in [2.05, 4.69) is 53.4 Å². The van der Waals surface area contributed by atoms with Crippen LogP contribution < -0.4 is 5.63 Å². The lowest BCUT2D eigenvalue weighted by molar-refractivity contribution is 0.0596. The zero-order valence-corrected chi connectivity index (χ0v) is 17.5. The molecule has 2 heterocycles. The van der Waals surface area contributed by atoms with Gasteiger partial charge < -0.3 is 9.32 Å². The van der Waals surface area contributed by atoms with Crippen molar-refractivity contribution in [2.45, 2.75) is 6.04 Å². The minimum Gasteiger partial charge on any atom is -0.422 e. The number of hydrogen-bond donors (Lipinski definition) is 0. The van der Waals surface area contributed by atoms with E-state index in [0.29, 0.717) is 18.7 Å². The third kappa shape index (κ3) is 2.97. The van der Waals surface area contributed by atoms with E-state index in [1.165, 1.54) is 22.3 Å².